The van der Waals surface area contributed by atoms with E-state index in [9.17, 15) is 8.42 Å². The largest absolute Gasteiger partial charge is 0.396 e. The van der Waals surface area contributed by atoms with E-state index in [-0.39, 0.29) is 17.6 Å². The average molecular weight is 273 g/mol. The van der Waals surface area contributed by atoms with E-state index in [2.05, 4.69) is 5.10 Å². The number of nitrogens with zero attached hydrogens (tertiary/aromatic N) is 3. The molecule has 0 amide bonds. The summed E-state index contributed by atoms with van der Waals surface area (Å²) in [5.41, 5.74) is 0. The van der Waals surface area contributed by atoms with Gasteiger partial charge in [0, 0.05) is 26.7 Å². The van der Waals surface area contributed by atoms with Crippen molar-refractivity contribution in [3.63, 3.8) is 0 Å². The standard InChI is InChI=1S/C11H19N3O3S/c1-13-11(4-6-12-13)18(16,17)14-7-2-3-10(9-14)5-8-15/h4,6,10,15H,2-3,5,7-9H2,1H3. The molecule has 1 unspecified atom stereocenters. The van der Waals surface area contributed by atoms with Gasteiger partial charge in [0.1, 0.15) is 0 Å². The number of aliphatic hydroxyl groups is 1. The summed E-state index contributed by atoms with van der Waals surface area (Å²) in [5, 5.41) is 13.1. The molecule has 1 aliphatic rings. The Morgan fingerprint density at radius 1 is 1.56 bits per heavy atom. The predicted molar refractivity (Wildman–Crippen MR) is 66.4 cm³/mol. The predicted octanol–water partition coefficient (Wildman–Crippen LogP) is 0.203. The number of aliphatic hydroxyl groups excluding tert-OH is 1. The lowest BCUT2D eigenvalue weighted by atomic mass is 9.97. The first-order chi connectivity index (χ1) is 8.55. The van der Waals surface area contributed by atoms with Crippen molar-refractivity contribution in [3.8, 4) is 0 Å². The molecule has 1 saturated heterocycles. The first-order valence-corrected chi connectivity index (χ1v) is 7.58. The maximum atomic E-state index is 12.4. The molecule has 0 saturated carbocycles. The fourth-order valence-corrected chi connectivity index (χ4v) is 4.07. The lowest BCUT2D eigenvalue weighted by Crippen LogP contribution is -2.40. The molecule has 0 aliphatic carbocycles. The third kappa shape index (κ3) is 2.57. The van der Waals surface area contributed by atoms with Crippen molar-refractivity contribution in [3.05, 3.63) is 12.3 Å². The van der Waals surface area contributed by atoms with Gasteiger partial charge in [0.05, 0.1) is 6.20 Å². The van der Waals surface area contributed by atoms with Gasteiger partial charge in [-0.1, -0.05) is 0 Å². The van der Waals surface area contributed by atoms with Gasteiger partial charge in [-0.3, -0.25) is 4.68 Å². The van der Waals surface area contributed by atoms with E-state index in [1.54, 1.807) is 7.05 Å². The first kappa shape index (κ1) is 13.5. The number of rotatable bonds is 4. The number of piperidine rings is 1. The number of aryl methyl sites for hydroxylation is 1. The fraction of sp³-hybridized carbons (Fsp3) is 0.727. The van der Waals surface area contributed by atoms with Gasteiger partial charge in [0.15, 0.2) is 5.03 Å². The van der Waals surface area contributed by atoms with Crippen LogP contribution in [0, 0.1) is 5.92 Å². The minimum absolute atomic E-state index is 0.115. The van der Waals surface area contributed by atoms with Crippen molar-refractivity contribution in [1.82, 2.24) is 14.1 Å². The highest BCUT2D eigenvalue weighted by Crippen LogP contribution is 2.24. The van der Waals surface area contributed by atoms with Crippen LogP contribution >= 0.6 is 0 Å². The topological polar surface area (TPSA) is 75.4 Å². The van der Waals surface area contributed by atoms with Gasteiger partial charge in [-0.15, -0.1) is 0 Å². The zero-order valence-corrected chi connectivity index (χ0v) is 11.3. The van der Waals surface area contributed by atoms with Crippen molar-refractivity contribution in [2.75, 3.05) is 19.7 Å². The van der Waals surface area contributed by atoms with Crippen molar-refractivity contribution in [2.24, 2.45) is 13.0 Å². The molecule has 7 heteroatoms. The number of hydrogen-bond acceptors (Lipinski definition) is 4. The Morgan fingerprint density at radius 2 is 2.33 bits per heavy atom. The lowest BCUT2D eigenvalue weighted by molar-refractivity contribution is 0.202. The van der Waals surface area contributed by atoms with Gasteiger partial charge >= 0.3 is 0 Å². The molecule has 18 heavy (non-hydrogen) atoms. The second-order valence-corrected chi connectivity index (χ2v) is 6.56. The van der Waals surface area contributed by atoms with Crippen LogP contribution in [0.5, 0.6) is 0 Å². The number of sulfonamides is 1. The Morgan fingerprint density at radius 3 is 2.94 bits per heavy atom. The van der Waals surface area contributed by atoms with Gasteiger partial charge in [-0.25, -0.2) is 8.42 Å². The Kier molecular flexibility index (Phi) is 4.04. The molecular weight excluding hydrogens is 254 g/mol. The maximum Gasteiger partial charge on any atom is 0.260 e. The van der Waals surface area contributed by atoms with Gasteiger partial charge in [-0.05, 0) is 31.2 Å². The van der Waals surface area contributed by atoms with Crippen LogP contribution in [0.4, 0.5) is 0 Å². The van der Waals surface area contributed by atoms with Crippen LogP contribution < -0.4 is 0 Å². The van der Waals surface area contributed by atoms with E-state index in [1.165, 1.54) is 21.3 Å². The van der Waals surface area contributed by atoms with Crippen LogP contribution in [-0.4, -0.2) is 47.3 Å². The summed E-state index contributed by atoms with van der Waals surface area (Å²) in [7, 11) is -1.82. The molecule has 1 N–H and O–H groups in total. The second-order valence-electron chi connectivity index (χ2n) is 4.68. The molecule has 0 spiro atoms. The Labute approximate surface area is 107 Å². The lowest BCUT2D eigenvalue weighted by Gasteiger charge is -2.31. The molecule has 102 valence electrons. The van der Waals surface area contributed by atoms with Crippen molar-refractivity contribution in [1.29, 1.82) is 0 Å². The smallest absolute Gasteiger partial charge is 0.260 e. The minimum Gasteiger partial charge on any atom is -0.396 e. The zero-order valence-electron chi connectivity index (χ0n) is 10.5. The summed E-state index contributed by atoms with van der Waals surface area (Å²) < 4.78 is 27.7. The van der Waals surface area contributed by atoms with Crippen LogP contribution in [0.25, 0.3) is 0 Å². The first-order valence-electron chi connectivity index (χ1n) is 6.14. The molecule has 1 fully saturated rings. The summed E-state index contributed by atoms with van der Waals surface area (Å²) >= 11 is 0. The van der Waals surface area contributed by atoms with E-state index in [0.29, 0.717) is 19.5 Å². The Hall–Kier alpha value is -0.920. The van der Waals surface area contributed by atoms with Crippen LogP contribution in [-0.2, 0) is 17.1 Å². The van der Waals surface area contributed by atoms with E-state index in [0.717, 1.165) is 12.8 Å². The van der Waals surface area contributed by atoms with Gasteiger partial charge in [-0.2, -0.15) is 9.40 Å². The molecule has 1 atom stereocenters. The monoisotopic (exact) mass is 273 g/mol. The van der Waals surface area contributed by atoms with E-state index >= 15 is 0 Å². The number of aromatic nitrogens is 2. The molecule has 6 nitrogen and oxygen atoms in total. The summed E-state index contributed by atoms with van der Waals surface area (Å²) in [6.07, 6.45) is 3.99. The fourth-order valence-electron chi connectivity index (χ4n) is 2.41. The highest BCUT2D eigenvalue weighted by Gasteiger charge is 2.31. The van der Waals surface area contributed by atoms with E-state index in [1.807, 2.05) is 0 Å². The molecule has 1 aromatic heterocycles. The molecular formula is C11H19N3O3S. The van der Waals surface area contributed by atoms with Crippen LogP contribution in [0.3, 0.4) is 0 Å². The average Bonchev–Trinajstić information content (AvgIpc) is 2.77. The summed E-state index contributed by atoms with van der Waals surface area (Å²) in [5.74, 6) is 0.256. The molecule has 1 aromatic rings. The highest BCUT2D eigenvalue weighted by molar-refractivity contribution is 7.89. The quantitative estimate of drug-likeness (QED) is 0.850. The van der Waals surface area contributed by atoms with Crippen molar-refractivity contribution in [2.45, 2.75) is 24.3 Å². The molecule has 0 radical (unpaired) electrons. The molecule has 2 heterocycles. The highest BCUT2D eigenvalue weighted by atomic mass is 32.2. The molecule has 2 rings (SSSR count). The van der Waals surface area contributed by atoms with E-state index in [4.69, 9.17) is 5.11 Å². The normalized spacial score (nSPS) is 22.2. The maximum absolute atomic E-state index is 12.4. The Bertz CT molecular complexity index is 495. The molecule has 0 aromatic carbocycles. The zero-order chi connectivity index (χ0) is 13.2. The van der Waals surface area contributed by atoms with Gasteiger partial charge in [0.25, 0.3) is 10.0 Å². The van der Waals surface area contributed by atoms with E-state index < -0.39 is 10.0 Å². The molecule has 0 bridgehead atoms. The van der Waals surface area contributed by atoms with Crippen molar-refractivity contribution < 1.29 is 13.5 Å². The van der Waals surface area contributed by atoms with Crippen molar-refractivity contribution >= 4 is 10.0 Å². The second kappa shape index (κ2) is 5.38. The van der Waals surface area contributed by atoms with Crippen LogP contribution in [0.15, 0.2) is 17.3 Å². The number of hydrogen-bond donors (Lipinski definition) is 1. The van der Waals surface area contributed by atoms with Crippen LogP contribution in [0.1, 0.15) is 19.3 Å². The molecule has 1 aliphatic heterocycles. The van der Waals surface area contributed by atoms with Crippen LogP contribution in [0.2, 0.25) is 0 Å². The summed E-state index contributed by atoms with van der Waals surface area (Å²) in [4.78, 5) is 0. The third-order valence-corrected chi connectivity index (χ3v) is 5.34. The SMILES string of the molecule is Cn1nccc1S(=O)(=O)N1CCCC(CCO)C1. The summed E-state index contributed by atoms with van der Waals surface area (Å²) in [6, 6.07) is 1.52. The minimum atomic E-state index is -3.45. The summed E-state index contributed by atoms with van der Waals surface area (Å²) in [6.45, 7) is 1.16. The third-order valence-electron chi connectivity index (χ3n) is 3.40. The van der Waals surface area contributed by atoms with Gasteiger partial charge < -0.3 is 5.11 Å². The van der Waals surface area contributed by atoms with Gasteiger partial charge in [0.2, 0.25) is 0 Å². The Balaban J connectivity index is 2.18.